The third-order valence-corrected chi connectivity index (χ3v) is 5.40. The molecule has 0 bridgehead atoms. The van der Waals surface area contributed by atoms with E-state index in [2.05, 4.69) is 20.1 Å². The van der Waals surface area contributed by atoms with E-state index < -0.39 is 17.8 Å². The van der Waals surface area contributed by atoms with Crippen LogP contribution < -0.4 is 5.73 Å². The average molecular weight is 450 g/mol. The van der Waals surface area contributed by atoms with Crippen molar-refractivity contribution in [2.45, 2.75) is 24.9 Å². The van der Waals surface area contributed by atoms with Gasteiger partial charge in [0.1, 0.15) is 12.0 Å². The molecule has 5 rings (SSSR count). The lowest BCUT2D eigenvalue weighted by Crippen LogP contribution is -2.14. The van der Waals surface area contributed by atoms with E-state index in [9.17, 15) is 18.0 Å². The van der Waals surface area contributed by atoms with E-state index in [1.807, 2.05) is 12.1 Å². The first kappa shape index (κ1) is 20.8. The number of alkyl halides is 3. The number of amides is 1. The lowest BCUT2D eigenvalue weighted by atomic mass is 10.00. The number of hydrogen-bond acceptors (Lipinski definition) is 5. The lowest BCUT2D eigenvalue weighted by molar-refractivity contribution is -0.141. The SMILES string of the molecule is NC(=O)/C(=C/n1cnc(-c2cc(C3CC3)nc(C(F)(F)F)c2)n1)c1cccc2ccncc12. The Morgan fingerprint density at radius 2 is 2.00 bits per heavy atom. The molecule has 0 unspecified atom stereocenters. The van der Waals surface area contributed by atoms with E-state index in [1.165, 1.54) is 17.2 Å². The Morgan fingerprint density at radius 1 is 1.18 bits per heavy atom. The number of halogens is 3. The molecule has 1 fully saturated rings. The zero-order valence-electron chi connectivity index (χ0n) is 17.1. The summed E-state index contributed by atoms with van der Waals surface area (Å²) >= 11 is 0. The maximum absolute atomic E-state index is 13.4. The molecule has 10 heteroatoms. The number of hydrogen-bond donors (Lipinski definition) is 1. The maximum atomic E-state index is 13.4. The van der Waals surface area contributed by atoms with Gasteiger partial charge in [-0.25, -0.2) is 14.6 Å². The van der Waals surface area contributed by atoms with Crippen molar-refractivity contribution in [2.75, 3.05) is 0 Å². The molecule has 1 saturated carbocycles. The normalized spacial score (nSPS) is 14.6. The van der Waals surface area contributed by atoms with Crippen LogP contribution in [0.3, 0.4) is 0 Å². The lowest BCUT2D eigenvalue weighted by Gasteiger charge is -2.09. The van der Waals surface area contributed by atoms with Crippen LogP contribution in [0.25, 0.3) is 33.9 Å². The fourth-order valence-electron chi connectivity index (χ4n) is 3.63. The van der Waals surface area contributed by atoms with Crippen LogP contribution in [0.5, 0.6) is 0 Å². The molecule has 1 amide bonds. The van der Waals surface area contributed by atoms with Gasteiger partial charge < -0.3 is 5.73 Å². The summed E-state index contributed by atoms with van der Waals surface area (Å²) in [6, 6.07) is 9.73. The summed E-state index contributed by atoms with van der Waals surface area (Å²) in [5.74, 6) is -0.582. The van der Waals surface area contributed by atoms with Gasteiger partial charge in [0.15, 0.2) is 5.82 Å². The number of pyridine rings is 2. The topological polar surface area (TPSA) is 99.6 Å². The first-order valence-corrected chi connectivity index (χ1v) is 10.1. The zero-order valence-corrected chi connectivity index (χ0v) is 17.1. The summed E-state index contributed by atoms with van der Waals surface area (Å²) < 4.78 is 41.3. The van der Waals surface area contributed by atoms with Crippen molar-refractivity contribution in [3.63, 3.8) is 0 Å². The van der Waals surface area contributed by atoms with Crippen molar-refractivity contribution in [3.8, 4) is 11.4 Å². The summed E-state index contributed by atoms with van der Waals surface area (Å²) in [4.78, 5) is 24.3. The van der Waals surface area contributed by atoms with Crippen molar-refractivity contribution < 1.29 is 18.0 Å². The Bertz CT molecular complexity index is 1400. The molecule has 1 aliphatic carbocycles. The second kappa shape index (κ2) is 7.80. The van der Waals surface area contributed by atoms with Crippen LogP contribution in [0.4, 0.5) is 13.2 Å². The number of rotatable bonds is 5. The van der Waals surface area contributed by atoms with Crippen molar-refractivity contribution in [2.24, 2.45) is 5.73 Å². The van der Waals surface area contributed by atoms with Gasteiger partial charge in [0, 0.05) is 41.2 Å². The number of primary amides is 1. The van der Waals surface area contributed by atoms with Crippen LogP contribution >= 0.6 is 0 Å². The molecular formula is C23H17F3N6O. The molecular weight excluding hydrogens is 433 g/mol. The molecule has 166 valence electrons. The molecule has 2 N–H and O–H groups in total. The fraction of sp³-hybridized carbons (Fsp3) is 0.174. The molecule has 0 aliphatic heterocycles. The summed E-state index contributed by atoms with van der Waals surface area (Å²) in [6.07, 6.45) is 3.01. The molecule has 33 heavy (non-hydrogen) atoms. The molecule has 1 aromatic carbocycles. The standard InChI is InChI=1S/C23H17F3N6O/c24-23(25,26)20-9-15(8-19(30-20)14-4-5-14)22-29-12-32(31-22)11-18(21(27)33)16-3-1-2-13-6-7-28-10-17(13)16/h1-3,6-12,14H,4-5H2,(H2,27,33)/b18-11+. The number of nitrogens with zero attached hydrogens (tertiary/aromatic N) is 5. The van der Waals surface area contributed by atoms with E-state index in [4.69, 9.17) is 5.73 Å². The Labute approximate surface area is 185 Å². The van der Waals surface area contributed by atoms with Gasteiger partial charge in [-0.2, -0.15) is 13.2 Å². The van der Waals surface area contributed by atoms with Gasteiger partial charge in [0.05, 0.1) is 5.57 Å². The van der Waals surface area contributed by atoms with Gasteiger partial charge in [-0.15, -0.1) is 5.10 Å². The number of carbonyl (C=O) groups excluding carboxylic acids is 1. The van der Waals surface area contributed by atoms with Gasteiger partial charge in [-0.05, 0) is 42.0 Å². The van der Waals surface area contributed by atoms with E-state index in [1.54, 1.807) is 30.6 Å². The zero-order chi connectivity index (χ0) is 23.2. The minimum atomic E-state index is -4.58. The molecule has 0 radical (unpaired) electrons. The van der Waals surface area contributed by atoms with Gasteiger partial charge in [0.2, 0.25) is 0 Å². The summed E-state index contributed by atoms with van der Waals surface area (Å²) in [6.45, 7) is 0. The van der Waals surface area contributed by atoms with Crippen LogP contribution in [0.2, 0.25) is 0 Å². The Morgan fingerprint density at radius 3 is 2.73 bits per heavy atom. The number of aromatic nitrogens is 5. The van der Waals surface area contributed by atoms with E-state index in [-0.39, 0.29) is 22.9 Å². The molecule has 0 spiro atoms. The monoisotopic (exact) mass is 450 g/mol. The highest BCUT2D eigenvalue weighted by atomic mass is 19.4. The van der Waals surface area contributed by atoms with E-state index in [0.717, 1.165) is 29.7 Å². The highest BCUT2D eigenvalue weighted by Crippen LogP contribution is 2.41. The smallest absolute Gasteiger partial charge is 0.366 e. The Balaban J connectivity index is 1.57. The van der Waals surface area contributed by atoms with Crippen LogP contribution in [0.1, 0.15) is 35.7 Å². The average Bonchev–Trinajstić information content (AvgIpc) is 3.54. The second-order valence-electron chi connectivity index (χ2n) is 7.80. The van der Waals surface area contributed by atoms with Crippen molar-refractivity contribution in [1.29, 1.82) is 0 Å². The Hall–Kier alpha value is -4.08. The first-order chi connectivity index (χ1) is 15.8. The van der Waals surface area contributed by atoms with Crippen molar-refractivity contribution in [3.05, 3.63) is 72.1 Å². The summed E-state index contributed by atoms with van der Waals surface area (Å²) in [5, 5.41) is 5.86. The third kappa shape index (κ3) is 4.19. The molecule has 0 saturated heterocycles. The predicted octanol–water partition coefficient (Wildman–Crippen LogP) is 4.27. The second-order valence-corrected chi connectivity index (χ2v) is 7.80. The quantitative estimate of drug-likeness (QED) is 0.458. The molecule has 3 aromatic heterocycles. The maximum Gasteiger partial charge on any atom is 0.433 e. The van der Waals surface area contributed by atoms with Crippen LogP contribution in [0, 0.1) is 0 Å². The summed E-state index contributed by atoms with van der Waals surface area (Å²) in [7, 11) is 0. The minimum Gasteiger partial charge on any atom is -0.366 e. The van der Waals surface area contributed by atoms with E-state index in [0.29, 0.717) is 11.3 Å². The van der Waals surface area contributed by atoms with Gasteiger partial charge in [-0.3, -0.25) is 9.78 Å². The van der Waals surface area contributed by atoms with Crippen molar-refractivity contribution >= 4 is 28.5 Å². The third-order valence-electron chi connectivity index (χ3n) is 5.40. The molecule has 1 aliphatic rings. The van der Waals surface area contributed by atoms with Crippen LogP contribution in [0.15, 0.2) is 55.1 Å². The molecule has 4 aromatic rings. The van der Waals surface area contributed by atoms with Crippen molar-refractivity contribution in [1.82, 2.24) is 24.7 Å². The fourth-order valence-corrected chi connectivity index (χ4v) is 3.63. The number of fused-ring (bicyclic) bond motifs is 1. The van der Waals surface area contributed by atoms with Gasteiger partial charge in [0.25, 0.3) is 5.91 Å². The van der Waals surface area contributed by atoms with Gasteiger partial charge >= 0.3 is 6.18 Å². The first-order valence-electron chi connectivity index (χ1n) is 10.1. The summed E-state index contributed by atoms with van der Waals surface area (Å²) in [5.41, 5.74) is 5.97. The van der Waals surface area contributed by atoms with Crippen LogP contribution in [-0.4, -0.2) is 30.6 Å². The largest absolute Gasteiger partial charge is 0.433 e. The van der Waals surface area contributed by atoms with E-state index >= 15 is 0 Å². The minimum absolute atomic E-state index is 0.0227. The number of carbonyl (C=O) groups is 1. The molecule has 0 atom stereocenters. The number of benzene rings is 1. The molecule has 7 nitrogen and oxygen atoms in total. The predicted molar refractivity (Wildman–Crippen MR) is 115 cm³/mol. The number of nitrogens with two attached hydrogens (primary N) is 1. The highest BCUT2D eigenvalue weighted by molar-refractivity contribution is 6.25. The van der Waals surface area contributed by atoms with Crippen LogP contribution in [-0.2, 0) is 11.0 Å². The Kier molecular flexibility index (Phi) is 4.92. The molecule has 3 heterocycles. The van der Waals surface area contributed by atoms with Gasteiger partial charge in [-0.1, -0.05) is 18.2 Å². The highest BCUT2D eigenvalue weighted by Gasteiger charge is 2.35.